The molecule has 0 bridgehead atoms. The number of hydrogen-bond acceptors (Lipinski definition) is 5. The molecule has 0 radical (unpaired) electrons. The Kier molecular flexibility index (Phi) is 4.52. The summed E-state index contributed by atoms with van der Waals surface area (Å²) in [4.78, 5) is 24.7. The summed E-state index contributed by atoms with van der Waals surface area (Å²) in [6.45, 7) is 11.2. The second kappa shape index (κ2) is 7.14. The van der Waals surface area contributed by atoms with Crippen LogP contribution in [0.4, 0.5) is 0 Å². The average molecular weight is 463 g/mol. The number of aryl methyl sites for hydroxylation is 2. The number of fused-ring (bicyclic) bond motifs is 3. The van der Waals surface area contributed by atoms with Crippen molar-refractivity contribution in [2.45, 2.75) is 51.9 Å². The fraction of sp³-hybridized carbons (Fsp3) is 0.480. The number of piperidine rings is 1. The number of nitrogens with two attached hydrogens (primary N) is 1. The number of amides is 1. The molecule has 4 aromatic heterocycles. The van der Waals surface area contributed by atoms with E-state index in [0.717, 1.165) is 42.2 Å². The van der Waals surface area contributed by atoms with Crippen molar-refractivity contribution < 1.29 is 4.79 Å². The van der Waals surface area contributed by atoms with Crippen molar-refractivity contribution in [1.82, 2.24) is 24.5 Å². The lowest BCUT2D eigenvalue weighted by Crippen LogP contribution is -2.43. The molecule has 2 aliphatic rings. The van der Waals surface area contributed by atoms with E-state index in [0.29, 0.717) is 12.5 Å². The first kappa shape index (κ1) is 20.9. The molecule has 7 nitrogen and oxygen atoms in total. The largest absolute Gasteiger partial charge is 0.369 e. The number of likely N-dealkylation sites (tertiary alicyclic amines) is 1. The zero-order valence-electron chi connectivity index (χ0n) is 19.6. The average Bonchev–Trinajstić information content (AvgIpc) is 3.06. The molecule has 0 spiro atoms. The van der Waals surface area contributed by atoms with E-state index < -0.39 is 0 Å². The fourth-order valence-corrected chi connectivity index (χ4v) is 7.71. The summed E-state index contributed by atoms with van der Waals surface area (Å²) >= 11 is 1.92. The van der Waals surface area contributed by atoms with Crippen LogP contribution in [0.1, 0.15) is 54.2 Å². The Hall–Kier alpha value is -2.71. The molecular weight excluding hydrogens is 432 g/mol. The summed E-state index contributed by atoms with van der Waals surface area (Å²) < 4.78 is 1.87. The summed E-state index contributed by atoms with van der Waals surface area (Å²) in [6, 6.07) is 2.21. The van der Waals surface area contributed by atoms with Gasteiger partial charge in [-0.25, -0.2) is 9.50 Å². The summed E-state index contributed by atoms with van der Waals surface area (Å²) in [5.41, 5.74) is 12.8. The van der Waals surface area contributed by atoms with Crippen molar-refractivity contribution in [3.8, 4) is 11.3 Å². The highest BCUT2D eigenvalue weighted by Crippen LogP contribution is 2.62. The van der Waals surface area contributed by atoms with Crippen LogP contribution in [0.25, 0.3) is 27.1 Å². The number of thiophene rings is 1. The van der Waals surface area contributed by atoms with Gasteiger partial charge in [0.2, 0.25) is 5.91 Å². The summed E-state index contributed by atoms with van der Waals surface area (Å²) in [5.74, 6) is 0.875. The van der Waals surface area contributed by atoms with E-state index in [2.05, 4.69) is 59.9 Å². The summed E-state index contributed by atoms with van der Waals surface area (Å²) in [7, 11) is 0. The molecule has 4 aromatic rings. The van der Waals surface area contributed by atoms with Gasteiger partial charge in [0.25, 0.3) is 0 Å². The third-order valence-corrected chi connectivity index (χ3v) is 9.14. The Labute approximate surface area is 197 Å². The van der Waals surface area contributed by atoms with Gasteiger partial charge in [-0.05, 0) is 67.8 Å². The lowest BCUT2D eigenvalue weighted by molar-refractivity contribution is -0.119. The molecule has 1 saturated carbocycles. The van der Waals surface area contributed by atoms with E-state index in [1.165, 1.54) is 38.3 Å². The van der Waals surface area contributed by atoms with E-state index in [4.69, 9.17) is 5.73 Å². The molecule has 1 amide bonds. The van der Waals surface area contributed by atoms with Crippen LogP contribution in [-0.2, 0) is 10.2 Å². The van der Waals surface area contributed by atoms with Gasteiger partial charge in [-0.1, -0.05) is 13.8 Å². The van der Waals surface area contributed by atoms with Crippen LogP contribution in [-0.4, -0.2) is 50.0 Å². The van der Waals surface area contributed by atoms with Crippen molar-refractivity contribution in [1.29, 1.82) is 0 Å². The number of H-pyrrole nitrogens is 1. The van der Waals surface area contributed by atoms with Crippen LogP contribution < -0.4 is 5.73 Å². The molecule has 33 heavy (non-hydrogen) atoms. The first-order valence-corrected chi connectivity index (χ1v) is 12.6. The van der Waals surface area contributed by atoms with E-state index in [9.17, 15) is 4.79 Å². The molecule has 2 atom stereocenters. The third kappa shape index (κ3) is 3.07. The third-order valence-electron chi connectivity index (χ3n) is 7.71. The molecular formula is C25H30N6OS. The van der Waals surface area contributed by atoms with Crippen LogP contribution in [0.15, 0.2) is 18.6 Å². The highest BCUT2D eigenvalue weighted by atomic mass is 32.1. The molecule has 2 fully saturated rings. The molecule has 1 aliphatic heterocycles. The van der Waals surface area contributed by atoms with Crippen molar-refractivity contribution >= 4 is 33.1 Å². The Balaban J connectivity index is 1.47. The van der Waals surface area contributed by atoms with Crippen molar-refractivity contribution in [3.63, 3.8) is 0 Å². The van der Waals surface area contributed by atoms with E-state index >= 15 is 0 Å². The number of hydrogen-bond donors (Lipinski definition) is 2. The minimum absolute atomic E-state index is 0.187. The molecule has 5 heterocycles. The monoisotopic (exact) mass is 462 g/mol. The Morgan fingerprint density at radius 1 is 1.39 bits per heavy atom. The van der Waals surface area contributed by atoms with Crippen LogP contribution in [0.3, 0.4) is 0 Å². The van der Waals surface area contributed by atoms with Gasteiger partial charge < -0.3 is 10.7 Å². The van der Waals surface area contributed by atoms with Crippen LogP contribution in [0.2, 0.25) is 0 Å². The number of carbonyl (C=O) groups is 1. The minimum atomic E-state index is -0.231. The molecule has 172 valence electrons. The number of aromatic nitrogens is 4. The molecule has 0 aromatic carbocycles. The normalized spacial score (nSPS) is 23.0. The van der Waals surface area contributed by atoms with E-state index in [-0.39, 0.29) is 11.3 Å². The maximum absolute atomic E-state index is 11.5. The van der Waals surface area contributed by atoms with Crippen molar-refractivity contribution in [2.75, 3.05) is 19.6 Å². The van der Waals surface area contributed by atoms with Gasteiger partial charge in [0, 0.05) is 34.0 Å². The number of nitrogens with one attached hydrogen (secondary N) is 1. The number of primary amides is 1. The summed E-state index contributed by atoms with van der Waals surface area (Å²) in [5, 5.41) is 5.75. The van der Waals surface area contributed by atoms with E-state index in [1.807, 2.05) is 15.9 Å². The SMILES string of the molecule is Cc1c(C23CC2CCN(CC(N)=O)C3)sc2[nH]c(-c3cc(C)c4ncnn4c3)c(C(C)C)c12. The lowest BCUT2D eigenvalue weighted by atomic mass is 9.90. The molecule has 1 saturated heterocycles. The number of nitrogens with zero attached hydrogens (tertiary/aromatic N) is 4. The van der Waals surface area contributed by atoms with Crippen LogP contribution >= 0.6 is 11.3 Å². The standard InChI is InChI=1S/C25H30N6OS/c1-13(2)19-20-15(4)22(25-8-17(25)5-6-30(11-25)10-18(26)32)33-24(20)29-21(19)16-7-14(3)23-27-12-28-31(23)9-16/h7,9,12-13,17,29H,5-6,8,10-11H2,1-4H3,(H2,26,32). The Bertz CT molecular complexity index is 1410. The van der Waals surface area contributed by atoms with Gasteiger partial charge >= 0.3 is 0 Å². The molecule has 3 N–H and O–H groups in total. The van der Waals surface area contributed by atoms with Gasteiger partial charge in [0.05, 0.1) is 12.2 Å². The Morgan fingerprint density at radius 2 is 2.21 bits per heavy atom. The zero-order valence-corrected chi connectivity index (χ0v) is 20.4. The van der Waals surface area contributed by atoms with Gasteiger partial charge in [-0.3, -0.25) is 9.69 Å². The fourth-order valence-electron chi connectivity index (χ4n) is 6.22. The molecule has 1 aliphatic carbocycles. The maximum atomic E-state index is 11.5. The highest BCUT2D eigenvalue weighted by Gasteiger charge is 2.59. The molecule has 2 unspecified atom stereocenters. The van der Waals surface area contributed by atoms with Crippen molar-refractivity contribution in [3.05, 3.63) is 40.2 Å². The topological polar surface area (TPSA) is 92.3 Å². The van der Waals surface area contributed by atoms with Crippen molar-refractivity contribution in [2.24, 2.45) is 11.7 Å². The van der Waals surface area contributed by atoms with Gasteiger partial charge in [0.1, 0.15) is 11.2 Å². The lowest BCUT2D eigenvalue weighted by Gasteiger charge is -2.32. The number of pyridine rings is 1. The number of aromatic amines is 1. The number of rotatable bonds is 5. The predicted molar refractivity (Wildman–Crippen MR) is 132 cm³/mol. The second-order valence-corrected chi connectivity index (χ2v) is 11.3. The van der Waals surface area contributed by atoms with Crippen LogP contribution in [0, 0.1) is 19.8 Å². The van der Waals surface area contributed by atoms with E-state index in [1.54, 1.807) is 6.33 Å². The quantitative estimate of drug-likeness (QED) is 0.466. The zero-order chi connectivity index (χ0) is 23.1. The van der Waals surface area contributed by atoms with Gasteiger partial charge in [-0.15, -0.1) is 11.3 Å². The first-order valence-electron chi connectivity index (χ1n) is 11.7. The van der Waals surface area contributed by atoms with Gasteiger partial charge in [0.15, 0.2) is 5.65 Å². The first-order chi connectivity index (χ1) is 15.8. The second-order valence-electron chi connectivity index (χ2n) is 10.3. The summed E-state index contributed by atoms with van der Waals surface area (Å²) in [6.07, 6.45) is 6.05. The highest BCUT2D eigenvalue weighted by molar-refractivity contribution is 7.19. The smallest absolute Gasteiger partial charge is 0.231 e. The van der Waals surface area contributed by atoms with Gasteiger partial charge in [-0.2, -0.15) is 5.10 Å². The molecule has 6 rings (SSSR count). The van der Waals surface area contributed by atoms with Crippen LogP contribution in [0.5, 0.6) is 0 Å². The maximum Gasteiger partial charge on any atom is 0.231 e. The minimum Gasteiger partial charge on any atom is -0.369 e. The number of carbonyl (C=O) groups excluding carboxylic acids is 1. The Morgan fingerprint density at radius 3 is 2.97 bits per heavy atom. The predicted octanol–water partition coefficient (Wildman–Crippen LogP) is 4.13. The molecule has 8 heteroatoms.